The summed E-state index contributed by atoms with van der Waals surface area (Å²) in [5, 5.41) is 0. The molecule has 92 valence electrons. The molecular weight excluding hydrogens is 224 g/mol. The van der Waals surface area contributed by atoms with Crippen molar-refractivity contribution in [3.63, 3.8) is 0 Å². The number of nitrogens with zero attached hydrogens (tertiary/aromatic N) is 1. The smallest absolute Gasteiger partial charge is 0.169 e. The first-order valence-electron chi connectivity index (χ1n) is 5.95. The number of carbonyl (C=O) groups is 1. The van der Waals surface area contributed by atoms with Gasteiger partial charge < -0.3 is 5.73 Å². The molecule has 2 atom stereocenters. The van der Waals surface area contributed by atoms with E-state index in [9.17, 15) is 4.79 Å². The van der Waals surface area contributed by atoms with Crippen molar-refractivity contribution in [3.8, 4) is 0 Å². The van der Waals surface area contributed by atoms with Crippen LogP contribution in [-0.4, -0.2) is 10.8 Å². The average molecular weight is 240 g/mol. The summed E-state index contributed by atoms with van der Waals surface area (Å²) < 4.78 is 0. The molecule has 18 heavy (non-hydrogen) atoms. The Hall–Kier alpha value is -2.00. The lowest BCUT2D eigenvalue weighted by Crippen LogP contribution is -2.26. The standard InChI is InChI=1S/C15H16N2O/c1-11(14(16)12-6-3-2-4-7-12)15(18)13-8-5-9-17-10-13/h2-11,14H,16H2,1H3. The molecule has 0 fully saturated rings. The number of hydrogen-bond donors (Lipinski definition) is 1. The van der Waals surface area contributed by atoms with Crippen LogP contribution in [0.1, 0.15) is 28.9 Å². The van der Waals surface area contributed by atoms with E-state index in [0.29, 0.717) is 5.56 Å². The van der Waals surface area contributed by atoms with E-state index in [1.807, 2.05) is 37.3 Å². The molecule has 0 amide bonds. The summed E-state index contributed by atoms with van der Waals surface area (Å²) in [5.74, 6) is -0.240. The molecular formula is C15H16N2O. The minimum Gasteiger partial charge on any atom is -0.323 e. The highest BCUT2D eigenvalue weighted by molar-refractivity contribution is 5.97. The average Bonchev–Trinajstić information content (AvgIpc) is 2.47. The Morgan fingerprint density at radius 3 is 2.50 bits per heavy atom. The van der Waals surface area contributed by atoms with Gasteiger partial charge in [-0.1, -0.05) is 37.3 Å². The molecule has 3 nitrogen and oxygen atoms in total. The SMILES string of the molecule is CC(C(=O)c1cccnc1)C(N)c1ccccc1. The van der Waals surface area contributed by atoms with Crippen molar-refractivity contribution in [2.24, 2.45) is 11.7 Å². The lowest BCUT2D eigenvalue weighted by Gasteiger charge is -2.19. The Balaban J connectivity index is 2.17. The van der Waals surface area contributed by atoms with Crippen molar-refractivity contribution in [2.75, 3.05) is 0 Å². The molecule has 2 unspecified atom stereocenters. The van der Waals surface area contributed by atoms with Gasteiger partial charge in [0.2, 0.25) is 0 Å². The number of ketones is 1. The third-order valence-corrected chi connectivity index (χ3v) is 3.08. The number of hydrogen-bond acceptors (Lipinski definition) is 3. The molecule has 0 radical (unpaired) electrons. The van der Waals surface area contributed by atoms with Gasteiger partial charge in [-0.2, -0.15) is 0 Å². The molecule has 3 heteroatoms. The van der Waals surface area contributed by atoms with Gasteiger partial charge >= 0.3 is 0 Å². The molecule has 0 aliphatic rings. The van der Waals surface area contributed by atoms with E-state index < -0.39 is 0 Å². The van der Waals surface area contributed by atoms with Gasteiger partial charge in [-0.25, -0.2) is 0 Å². The van der Waals surface area contributed by atoms with Gasteiger partial charge in [-0.3, -0.25) is 9.78 Å². The summed E-state index contributed by atoms with van der Waals surface area (Å²) in [6, 6.07) is 12.9. The number of pyridine rings is 1. The van der Waals surface area contributed by atoms with E-state index in [4.69, 9.17) is 5.73 Å². The van der Waals surface area contributed by atoms with E-state index in [-0.39, 0.29) is 17.7 Å². The molecule has 1 heterocycles. The molecule has 1 aromatic carbocycles. The minimum absolute atomic E-state index is 0.0273. The van der Waals surface area contributed by atoms with E-state index in [2.05, 4.69) is 4.98 Å². The van der Waals surface area contributed by atoms with Crippen LogP contribution in [0.3, 0.4) is 0 Å². The highest BCUT2D eigenvalue weighted by Crippen LogP contribution is 2.22. The van der Waals surface area contributed by atoms with Gasteiger partial charge in [0.25, 0.3) is 0 Å². The first-order valence-corrected chi connectivity index (χ1v) is 5.95. The largest absolute Gasteiger partial charge is 0.323 e. The fraction of sp³-hybridized carbons (Fsp3) is 0.200. The third-order valence-electron chi connectivity index (χ3n) is 3.08. The maximum Gasteiger partial charge on any atom is 0.169 e. The van der Waals surface area contributed by atoms with Crippen LogP contribution in [-0.2, 0) is 0 Å². The summed E-state index contributed by atoms with van der Waals surface area (Å²) in [6.07, 6.45) is 3.23. The lowest BCUT2D eigenvalue weighted by atomic mass is 9.89. The predicted octanol–water partition coefficient (Wildman–Crippen LogP) is 2.60. The lowest BCUT2D eigenvalue weighted by molar-refractivity contribution is 0.0912. The van der Waals surface area contributed by atoms with Crippen LogP contribution in [0.25, 0.3) is 0 Å². The first kappa shape index (κ1) is 12.5. The Bertz CT molecular complexity index is 511. The topological polar surface area (TPSA) is 56.0 Å². The van der Waals surface area contributed by atoms with Crippen LogP contribution in [0.15, 0.2) is 54.9 Å². The van der Waals surface area contributed by atoms with Crippen molar-refractivity contribution in [3.05, 3.63) is 66.0 Å². The highest BCUT2D eigenvalue weighted by Gasteiger charge is 2.23. The van der Waals surface area contributed by atoms with Gasteiger partial charge in [0.15, 0.2) is 5.78 Å². The van der Waals surface area contributed by atoms with Crippen LogP contribution in [0.5, 0.6) is 0 Å². The number of benzene rings is 1. The van der Waals surface area contributed by atoms with Gasteiger partial charge in [-0.05, 0) is 17.7 Å². The molecule has 2 N–H and O–H groups in total. The van der Waals surface area contributed by atoms with Crippen LogP contribution >= 0.6 is 0 Å². The zero-order valence-electron chi connectivity index (χ0n) is 10.3. The molecule has 0 bridgehead atoms. The minimum atomic E-state index is -0.293. The third kappa shape index (κ3) is 2.63. The fourth-order valence-corrected chi connectivity index (χ4v) is 1.90. The summed E-state index contributed by atoms with van der Waals surface area (Å²) in [7, 11) is 0. The Kier molecular flexibility index (Phi) is 3.85. The van der Waals surface area contributed by atoms with Crippen molar-refractivity contribution in [1.29, 1.82) is 0 Å². The second-order valence-electron chi connectivity index (χ2n) is 4.33. The van der Waals surface area contributed by atoms with E-state index in [1.54, 1.807) is 24.5 Å². The summed E-state index contributed by atoms with van der Waals surface area (Å²) in [6.45, 7) is 1.85. The quantitative estimate of drug-likeness (QED) is 0.836. The molecule has 0 aliphatic carbocycles. The normalized spacial score (nSPS) is 13.9. The molecule has 0 saturated heterocycles. The van der Waals surface area contributed by atoms with Crippen LogP contribution in [0.2, 0.25) is 0 Å². The van der Waals surface area contributed by atoms with Crippen molar-refractivity contribution in [2.45, 2.75) is 13.0 Å². The summed E-state index contributed by atoms with van der Waals surface area (Å²) in [4.78, 5) is 16.2. The highest BCUT2D eigenvalue weighted by atomic mass is 16.1. The Morgan fingerprint density at radius 2 is 1.89 bits per heavy atom. The summed E-state index contributed by atoms with van der Waals surface area (Å²) in [5.41, 5.74) is 7.72. The maximum atomic E-state index is 12.2. The maximum absolute atomic E-state index is 12.2. The van der Waals surface area contributed by atoms with Crippen molar-refractivity contribution in [1.82, 2.24) is 4.98 Å². The molecule has 2 aromatic rings. The first-order chi connectivity index (χ1) is 8.70. The zero-order chi connectivity index (χ0) is 13.0. The second kappa shape index (κ2) is 5.56. The number of nitrogens with two attached hydrogens (primary N) is 1. The fourth-order valence-electron chi connectivity index (χ4n) is 1.90. The summed E-state index contributed by atoms with van der Waals surface area (Å²) >= 11 is 0. The van der Waals surface area contributed by atoms with Gasteiger partial charge in [0.05, 0.1) is 0 Å². The predicted molar refractivity (Wildman–Crippen MR) is 71.1 cm³/mol. The van der Waals surface area contributed by atoms with Gasteiger partial charge in [-0.15, -0.1) is 0 Å². The number of rotatable bonds is 4. The van der Waals surface area contributed by atoms with Crippen molar-refractivity contribution >= 4 is 5.78 Å². The number of aromatic nitrogens is 1. The molecule has 0 aliphatic heterocycles. The van der Waals surface area contributed by atoms with Crippen molar-refractivity contribution < 1.29 is 4.79 Å². The van der Waals surface area contributed by atoms with Gasteiger partial charge in [0, 0.05) is 29.9 Å². The van der Waals surface area contributed by atoms with E-state index in [0.717, 1.165) is 5.56 Å². The number of carbonyl (C=O) groups excluding carboxylic acids is 1. The van der Waals surface area contributed by atoms with Crippen LogP contribution in [0.4, 0.5) is 0 Å². The molecule has 0 spiro atoms. The zero-order valence-corrected chi connectivity index (χ0v) is 10.3. The Labute approximate surface area is 107 Å². The van der Waals surface area contributed by atoms with E-state index in [1.165, 1.54) is 0 Å². The van der Waals surface area contributed by atoms with E-state index >= 15 is 0 Å². The number of Topliss-reactive ketones (excluding diaryl/α,β-unsaturated/α-hetero) is 1. The monoisotopic (exact) mass is 240 g/mol. The van der Waals surface area contributed by atoms with Crippen LogP contribution in [0, 0.1) is 5.92 Å². The molecule has 2 rings (SSSR count). The Morgan fingerprint density at radius 1 is 1.17 bits per heavy atom. The van der Waals surface area contributed by atoms with Gasteiger partial charge in [0.1, 0.15) is 0 Å². The molecule has 1 aromatic heterocycles. The second-order valence-corrected chi connectivity index (χ2v) is 4.33. The molecule has 0 saturated carbocycles. The van der Waals surface area contributed by atoms with Crippen LogP contribution < -0.4 is 5.73 Å².